The minimum atomic E-state index is -4.55. The Balaban J connectivity index is 2.07. The van der Waals surface area contributed by atoms with Gasteiger partial charge in [-0.05, 0) is 33.0 Å². The summed E-state index contributed by atoms with van der Waals surface area (Å²) in [6.07, 6.45) is -3.42. The average molecular weight is 256 g/mol. The van der Waals surface area contributed by atoms with Crippen LogP contribution in [-0.4, -0.2) is 61.8 Å². The molecule has 1 aliphatic rings. The second kappa shape index (κ2) is 6.53. The highest BCUT2D eigenvalue weighted by Crippen LogP contribution is 2.15. The molecule has 1 aliphatic heterocycles. The van der Waals surface area contributed by atoms with Crippen molar-refractivity contribution in [2.75, 3.05) is 33.3 Å². The molecule has 0 radical (unpaired) electrons. The second-order valence-electron chi connectivity index (χ2n) is 4.30. The summed E-state index contributed by atoms with van der Waals surface area (Å²) in [5.74, 6) is 0. The van der Waals surface area contributed by atoms with Gasteiger partial charge >= 0.3 is 6.36 Å². The minimum absolute atomic E-state index is 0.0565. The molecule has 0 aliphatic carbocycles. The van der Waals surface area contributed by atoms with Crippen LogP contribution in [0.5, 0.6) is 0 Å². The number of nitrogens with one attached hydrogen (secondary N) is 1. The molecule has 0 spiro atoms. The molecule has 17 heavy (non-hydrogen) atoms. The maximum absolute atomic E-state index is 11.7. The molecular weight excluding hydrogens is 237 g/mol. The highest BCUT2D eigenvalue weighted by Gasteiger charge is 2.29. The quantitative estimate of drug-likeness (QED) is 0.729. The molecule has 4 nitrogen and oxygen atoms in total. The Morgan fingerprint density at radius 1 is 1.41 bits per heavy atom. The number of likely N-dealkylation sites (N-methyl/N-ethyl adjacent to an activating group) is 1. The number of ether oxygens (including phenoxy) is 1. The van der Waals surface area contributed by atoms with Gasteiger partial charge in [0.05, 0.1) is 12.7 Å². The van der Waals surface area contributed by atoms with Crippen LogP contribution >= 0.6 is 0 Å². The Morgan fingerprint density at radius 2 is 2.12 bits per heavy atom. The lowest BCUT2D eigenvalue weighted by molar-refractivity contribution is -0.324. The monoisotopic (exact) mass is 256 g/mol. The molecule has 1 heterocycles. The van der Waals surface area contributed by atoms with Crippen molar-refractivity contribution < 1.29 is 23.0 Å². The number of hydrogen-bond acceptors (Lipinski definition) is 4. The second-order valence-corrected chi connectivity index (χ2v) is 4.30. The molecule has 0 aromatic rings. The van der Waals surface area contributed by atoms with Crippen LogP contribution in [0.25, 0.3) is 0 Å². The number of halogens is 3. The van der Waals surface area contributed by atoms with E-state index in [0.717, 1.165) is 19.4 Å². The highest BCUT2D eigenvalue weighted by atomic mass is 19.4. The van der Waals surface area contributed by atoms with Crippen LogP contribution in [-0.2, 0) is 4.74 Å². The van der Waals surface area contributed by atoms with E-state index < -0.39 is 6.36 Å². The molecule has 7 heteroatoms. The molecule has 0 bridgehead atoms. The lowest BCUT2D eigenvalue weighted by Crippen LogP contribution is -2.35. The van der Waals surface area contributed by atoms with Crippen LogP contribution in [0.3, 0.4) is 0 Å². The lowest BCUT2D eigenvalue weighted by atomic mass is 10.1. The van der Waals surface area contributed by atoms with Crippen LogP contribution in [0.2, 0.25) is 0 Å². The van der Waals surface area contributed by atoms with Gasteiger partial charge < -0.3 is 15.3 Å². The van der Waals surface area contributed by atoms with Crippen LogP contribution in [0.1, 0.15) is 12.8 Å². The van der Waals surface area contributed by atoms with Crippen molar-refractivity contribution in [2.24, 2.45) is 0 Å². The van der Waals surface area contributed by atoms with Gasteiger partial charge in [-0.3, -0.25) is 4.74 Å². The van der Waals surface area contributed by atoms with E-state index in [2.05, 4.69) is 10.1 Å². The molecule has 2 unspecified atom stereocenters. The predicted octanol–water partition coefficient (Wildman–Crippen LogP) is 0.568. The van der Waals surface area contributed by atoms with Crippen LogP contribution in [0, 0.1) is 0 Å². The summed E-state index contributed by atoms with van der Waals surface area (Å²) in [5, 5.41) is 12.7. The Hall–Kier alpha value is -0.370. The van der Waals surface area contributed by atoms with Gasteiger partial charge in [0.25, 0.3) is 0 Å². The first-order chi connectivity index (χ1) is 7.88. The van der Waals surface area contributed by atoms with Crippen molar-refractivity contribution >= 4 is 0 Å². The summed E-state index contributed by atoms with van der Waals surface area (Å²) < 4.78 is 38.8. The third-order valence-corrected chi connectivity index (χ3v) is 2.87. The lowest BCUT2D eigenvalue weighted by Gasteiger charge is -2.21. The fourth-order valence-electron chi connectivity index (χ4n) is 1.84. The first-order valence-corrected chi connectivity index (χ1v) is 5.69. The Labute approximate surface area is 98.7 Å². The number of alkyl halides is 3. The molecule has 1 rings (SSSR count). The summed E-state index contributed by atoms with van der Waals surface area (Å²) in [6, 6.07) is 0.0565. The molecule has 1 fully saturated rings. The van der Waals surface area contributed by atoms with Gasteiger partial charge in [0, 0.05) is 12.6 Å². The topological polar surface area (TPSA) is 44.7 Å². The fraction of sp³-hybridized carbons (Fsp3) is 1.00. The van der Waals surface area contributed by atoms with E-state index in [1.165, 1.54) is 0 Å². The smallest absolute Gasteiger partial charge is 0.391 e. The number of aliphatic hydroxyl groups excluding tert-OH is 1. The summed E-state index contributed by atoms with van der Waals surface area (Å²) in [7, 11) is 1.74. The standard InChI is InChI=1S/C10H19F3N2O2/c1-15(6-7-17-10(11,12)13)5-3-8-9(16)2-4-14-8/h8-9,14,16H,2-7H2,1H3. The SMILES string of the molecule is CN(CCOC(F)(F)F)CCC1NCCC1O. The third-order valence-electron chi connectivity index (χ3n) is 2.87. The number of nitrogens with zero attached hydrogens (tertiary/aromatic N) is 1. The zero-order valence-corrected chi connectivity index (χ0v) is 9.83. The van der Waals surface area contributed by atoms with E-state index in [-0.39, 0.29) is 25.3 Å². The predicted molar refractivity (Wildman–Crippen MR) is 56.5 cm³/mol. The molecule has 0 aromatic carbocycles. The van der Waals surface area contributed by atoms with E-state index in [1.807, 2.05) is 0 Å². The zero-order chi connectivity index (χ0) is 12.9. The number of rotatable bonds is 6. The molecule has 2 atom stereocenters. The summed E-state index contributed by atoms with van der Waals surface area (Å²) in [5.41, 5.74) is 0. The minimum Gasteiger partial charge on any atom is -0.391 e. The summed E-state index contributed by atoms with van der Waals surface area (Å²) in [6.45, 7) is 1.30. The third kappa shape index (κ3) is 6.21. The maximum Gasteiger partial charge on any atom is 0.522 e. The Bertz CT molecular complexity index is 226. The van der Waals surface area contributed by atoms with Gasteiger partial charge in [-0.2, -0.15) is 0 Å². The van der Waals surface area contributed by atoms with Crippen LogP contribution in [0.4, 0.5) is 13.2 Å². The Morgan fingerprint density at radius 3 is 2.65 bits per heavy atom. The first kappa shape index (κ1) is 14.7. The van der Waals surface area contributed by atoms with Crippen molar-refractivity contribution in [3.8, 4) is 0 Å². The number of aliphatic hydroxyl groups is 1. The van der Waals surface area contributed by atoms with Gasteiger partial charge in [0.2, 0.25) is 0 Å². The van der Waals surface area contributed by atoms with E-state index in [9.17, 15) is 18.3 Å². The van der Waals surface area contributed by atoms with Gasteiger partial charge in [0.15, 0.2) is 0 Å². The number of hydrogen-bond donors (Lipinski definition) is 2. The highest BCUT2D eigenvalue weighted by molar-refractivity contribution is 4.83. The van der Waals surface area contributed by atoms with Crippen molar-refractivity contribution in [2.45, 2.75) is 31.3 Å². The fourth-order valence-corrected chi connectivity index (χ4v) is 1.84. The molecule has 0 saturated carbocycles. The molecule has 0 amide bonds. The molecule has 1 saturated heterocycles. The Kier molecular flexibility index (Phi) is 5.64. The van der Waals surface area contributed by atoms with Crippen molar-refractivity contribution in [3.05, 3.63) is 0 Å². The van der Waals surface area contributed by atoms with Gasteiger partial charge in [-0.1, -0.05) is 0 Å². The van der Waals surface area contributed by atoms with Crippen LogP contribution in [0.15, 0.2) is 0 Å². The van der Waals surface area contributed by atoms with E-state index in [4.69, 9.17) is 0 Å². The van der Waals surface area contributed by atoms with Gasteiger partial charge in [-0.25, -0.2) is 0 Å². The van der Waals surface area contributed by atoms with E-state index in [1.54, 1.807) is 11.9 Å². The maximum atomic E-state index is 11.7. The largest absolute Gasteiger partial charge is 0.522 e. The average Bonchev–Trinajstić information content (AvgIpc) is 2.59. The van der Waals surface area contributed by atoms with Crippen LogP contribution < -0.4 is 5.32 Å². The molecule has 0 aromatic heterocycles. The summed E-state index contributed by atoms with van der Waals surface area (Å²) >= 11 is 0. The van der Waals surface area contributed by atoms with E-state index in [0.29, 0.717) is 6.54 Å². The van der Waals surface area contributed by atoms with Gasteiger partial charge in [0.1, 0.15) is 0 Å². The van der Waals surface area contributed by atoms with Crippen molar-refractivity contribution in [1.82, 2.24) is 10.2 Å². The summed E-state index contributed by atoms with van der Waals surface area (Å²) in [4.78, 5) is 1.76. The van der Waals surface area contributed by atoms with Gasteiger partial charge in [-0.15, -0.1) is 13.2 Å². The van der Waals surface area contributed by atoms with Crippen molar-refractivity contribution in [3.63, 3.8) is 0 Å². The zero-order valence-electron chi connectivity index (χ0n) is 9.83. The molecule has 102 valence electrons. The molecular formula is C10H19F3N2O2. The first-order valence-electron chi connectivity index (χ1n) is 5.69. The van der Waals surface area contributed by atoms with E-state index >= 15 is 0 Å². The van der Waals surface area contributed by atoms with Crippen molar-refractivity contribution in [1.29, 1.82) is 0 Å². The molecule has 2 N–H and O–H groups in total. The normalized spacial score (nSPS) is 25.8.